The van der Waals surface area contributed by atoms with Gasteiger partial charge in [0.25, 0.3) is 0 Å². The lowest BCUT2D eigenvalue weighted by molar-refractivity contribution is 0.628. The molecule has 1 aromatic heterocycles. The number of anilines is 1. The number of aromatic nitrogens is 1. The number of benzene rings is 1. The fraction of sp³-hybridized carbons (Fsp3) is 0.100. The second-order valence-electron chi connectivity index (χ2n) is 2.91. The zero-order chi connectivity index (χ0) is 10.8. The van der Waals surface area contributed by atoms with Gasteiger partial charge in [-0.2, -0.15) is 0 Å². The van der Waals surface area contributed by atoms with Crippen LogP contribution < -0.4 is 5.32 Å². The topological polar surface area (TPSA) is 24.9 Å². The Morgan fingerprint density at radius 1 is 1.47 bits per heavy atom. The van der Waals surface area contributed by atoms with Crippen molar-refractivity contribution in [1.29, 1.82) is 0 Å². The third-order valence-electron chi connectivity index (χ3n) is 1.93. The summed E-state index contributed by atoms with van der Waals surface area (Å²) in [7, 11) is 1.80. The van der Waals surface area contributed by atoms with Gasteiger partial charge in [-0.1, -0.05) is 11.6 Å². The number of nitrogens with zero attached hydrogens (tertiary/aromatic N) is 1. The average Bonchev–Trinajstić information content (AvgIpc) is 2.66. The number of halogens is 2. The zero-order valence-corrected chi connectivity index (χ0v) is 9.49. The fourth-order valence-electron chi connectivity index (χ4n) is 1.21. The van der Waals surface area contributed by atoms with Crippen LogP contribution in [0.1, 0.15) is 0 Å². The van der Waals surface area contributed by atoms with Crippen LogP contribution in [0.2, 0.25) is 5.02 Å². The van der Waals surface area contributed by atoms with Gasteiger partial charge in [0.05, 0.1) is 10.7 Å². The molecular weight excluding hydrogens is 235 g/mol. The third kappa shape index (κ3) is 2.11. The molecule has 2 rings (SSSR count). The molecule has 2 aromatic rings. The second kappa shape index (κ2) is 4.16. The van der Waals surface area contributed by atoms with Crippen LogP contribution in [-0.2, 0) is 0 Å². The van der Waals surface area contributed by atoms with Crippen LogP contribution in [0.25, 0.3) is 11.3 Å². The van der Waals surface area contributed by atoms with E-state index in [4.69, 9.17) is 11.6 Å². The number of rotatable bonds is 2. The molecule has 0 atom stereocenters. The van der Waals surface area contributed by atoms with Crippen molar-refractivity contribution in [3.8, 4) is 11.3 Å². The molecule has 1 N–H and O–H groups in total. The smallest absolute Gasteiger partial charge is 0.182 e. The lowest BCUT2D eigenvalue weighted by Gasteiger charge is -1.99. The highest BCUT2D eigenvalue weighted by Gasteiger charge is 2.08. The van der Waals surface area contributed by atoms with Crippen molar-refractivity contribution in [3.63, 3.8) is 0 Å². The Hall–Kier alpha value is -1.13. The quantitative estimate of drug-likeness (QED) is 0.870. The van der Waals surface area contributed by atoms with Crippen LogP contribution in [0.5, 0.6) is 0 Å². The molecule has 0 radical (unpaired) electrons. The van der Waals surface area contributed by atoms with Gasteiger partial charge < -0.3 is 5.32 Å². The van der Waals surface area contributed by atoms with Crippen LogP contribution in [0.3, 0.4) is 0 Å². The van der Waals surface area contributed by atoms with Crippen molar-refractivity contribution in [1.82, 2.24) is 4.98 Å². The summed E-state index contributed by atoms with van der Waals surface area (Å²) in [6, 6.07) is 4.29. The first-order valence-corrected chi connectivity index (χ1v) is 5.55. The van der Waals surface area contributed by atoms with Gasteiger partial charge in [-0.3, -0.25) is 0 Å². The van der Waals surface area contributed by atoms with Crippen LogP contribution >= 0.6 is 22.9 Å². The summed E-state index contributed by atoms with van der Waals surface area (Å²) in [5.41, 5.74) is 1.50. The van der Waals surface area contributed by atoms with E-state index in [-0.39, 0.29) is 5.82 Å². The van der Waals surface area contributed by atoms with Crippen molar-refractivity contribution in [2.24, 2.45) is 0 Å². The molecule has 1 aromatic carbocycles. The standard InChI is InChI=1S/C10H8ClFN2S/c1-13-10-14-9(5-15-10)7-3-2-6(12)4-8(7)11/h2-5H,1H3,(H,13,14). The van der Waals surface area contributed by atoms with Crippen LogP contribution in [0.15, 0.2) is 23.6 Å². The van der Waals surface area contributed by atoms with Gasteiger partial charge >= 0.3 is 0 Å². The Bertz CT molecular complexity index is 484. The van der Waals surface area contributed by atoms with Gasteiger partial charge in [0.2, 0.25) is 0 Å². The van der Waals surface area contributed by atoms with Crippen LogP contribution in [-0.4, -0.2) is 12.0 Å². The first kappa shape index (κ1) is 10.4. The molecule has 0 aliphatic carbocycles. The molecule has 0 saturated heterocycles. The molecule has 0 fully saturated rings. The predicted octanol–water partition coefficient (Wildman–Crippen LogP) is 3.64. The summed E-state index contributed by atoms with van der Waals surface area (Å²) in [5, 5.41) is 6.01. The van der Waals surface area contributed by atoms with E-state index in [1.807, 2.05) is 5.38 Å². The number of nitrogens with one attached hydrogen (secondary N) is 1. The van der Waals surface area contributed by atoms with Crippen molar-refractivity contribution in [2.45, 2.75) is 0 Å². The van der Waals surface area contributed by atoms with Gasteiger partial charge in [-0.15, -0.1) is 11.3 Å². The van der Waals surface area contributed by atoms with E-state index in [1.54, 1.807) is 13.1 Å². The minimum Gasteiger partial charge on any atom is -0.365 e. The molecular formula is C10H8ClFN2S. The monoisotopic (exact) mass is 242 g/mol. The van der Waals surface area contributed by atoms with E-state index in [0.717, 1.165) is 16.4 Å². The molecule has 2 nitrogen and oxygen atoms in total. The van der Waals surface area contributed by atoms with Gasteiger partial charge in [0, 0.05) is 18.0 Å². The Kier molecular flexibility index (Phi) is 2.88. The summed E-state index contributed by atoms with van der Waals surface area (Å²) in [6.07, 6.45) is 0. The minimum absolute atomic E-state index is 0.340. The highest BCUT2D eigenvalue weighted by Crippen LogP contribution is 2.30. The molecule has 0 aliphatic heterocycles. The van der Waals surface area contributed by atoms with Crippen LogP contribution in [0, 0.1) is 5.82 Å². The van der Waals surface area contributed by atoms with Crippen molar-refractivity contribution < 1.29 is 4.39 Å². The van der Waals surface area contributed by atoms with Crippen LogP contribution in [0.4, 0.5) is 9.52 Å². The minimum atomic E-state index is -0.340. The second-order valence-corrected chi connectivity index (χ2v) is 4.18. The van der Waals surface area contributed by atoms with E-state index in [1.165, 1.54) is 23.5 Å². The van der Waals surface area contributed by atoms with Gasteiger partial charge in [-0.05, 0) is 18.2 Å². The lowest BCUT2D eigenvalue weighted by atomic mass is 10.2. The Balaban J connectivity index is 2.44. The van der Waals surface area contributed by atoms with Crippen molar-refractivity contribution >= 4 is 28.1 Å². The zero-order valence-electron chi connectivity index (χ0n) is 7.92. The highest BCUT2D eigenvalue weighted by atomic mass is 35.5. The molecule has 15 heavy (non-hydrogen) atoms. The van der Waals surface area contributed by atoms with E-state index in [2.05, 4.69) is 10.3 Å². The van der Waals surface area contributed by atoms with Gasteiger partial charge in [0.1, 0.15) is 5.82 Å². The first-order chi connectivity index (χ1) is 7.20. The summed E-state index contributed by atoms with van der Waals surface area (Å²) < 4.78 is 12.8. The molecule has 0 unspecified atom stereocenters. The van der Waals surface area contributed by atoms with E-state index in [0.29, 0.717) is 5.02 Å². The molecule has 0 aliphatic rings. The number of thiazole rings is 1. The average molecular weight is 243 g/mol. The molecule has 78 valence electrons. The summed E-state index contributed by atoms with van der Waals surface area (Å²) in [4.78, 5) is 4.29. The predicted molar refractivity (Wildman–Crippen MR) is 62.1 cm³/mol. The Morgan fingerprint density at radius 2 is 2.27 bits per heavy atom. The van der Waals surface area contributed by atoms with E-state index < -0.39 is 0 Å². The van der Waals surface area contributed by atoms with Crippen molar-refractivity contribution in [2.75, 3.05) is 12.4 Å². The summed E-state index contributed by atoms with van der Waals surface area (Å²) in [6.45, 7) is 0. The molecule has 0 amide bonds. The van der Waals surface area contributed by atoms with E-state index in [9.17, 15) is 4.39 Å². The maximum atomic E-state index is 12.8. The normalized spacial score (nSPS) is 10.3. The molecule has 1 heterocycles. The maximum absolute atomic E-state index is 12.8. The highest BCUT2D eigenvalue weighted by molar-refractivity contribution is 7.14. The third-order valence-corrected chi connectivity index (χ3v) is 3.10. The van der Waals surface area contributed by atoms with E-state index >= 15 is 0 Å². The lowest BCUT2D eigenvalue weighted by Crippen LogP contribution is -1.86. The Labute approximate surface area is 95.7 Å². The van der Waals surface area contributed by atoms with Gasteiger partial charge in [0.15, 0.2) is 5.13 Å². The maximum Gasteiger partial charge on any atom is 0.182 e. The van der Waals surface area contributed by atoms with Crippen molar-refractivity contribution in [3.05, 3.63) is 34.4 Å². The molecule has 0 saturated carbocycles. The first-order valence-electron chi connectivity index (χ1n) is 4.29. The largest absolute Gasteiger partial charge is 0.365 e. The fourth-order valence-corrected chi connectivity index (χ4v) is 2.15. The summed E-state index contributed by atoms with van der Waals surface area (Å²) >= 11 is 7.40. The Morgan fingerprint density at radius 3 is 2.87 bits per heavy atom. The SMILES string of the molecule is CNc1nc(-c2ccc(F)cc2Cl)cs1. The molecule has 0 spiro atoms. The molecule has 0 bridgehead atoms. The number of hydrogen-bond acceptors (Lipinski definition) is 3. The number of hydrogen-bond donors (Lipinski definition) is 1. The summed E-state index contributed by atoms with van der Waals surface area (Å²) in [5.74, 6) is -0.340. The van der Waals surface area contributed by atoms with Gasteiger partial charge in [-0.25, -0.2) is 9.37 Å². The molecule has 5 heteroatoms.